The lowest BCUT2D eigenvalue weighted by Gasteiger charge is -2.18. The van der Waals surface area contributed by atoms with Gasteiger partial charge in [0.2, 0.25) is 0 Å². The molecule has 0 saturated carbocycles. The van der Waals surface area contributed by atoms with Gasteiger partial charge in [-0.1, -0.05) is 12.1 Å². The minimum absolute atomic E-state index is 0.121. The van der Waals surface area contributed by atoms with Gasteiger partial charge in [-0.15, -0.1) is 0 Å². The van der Waals surface area contributed by atoms with Crippen molar-refractivity contribution in [3.05, 3.63) is 23.8 Å². The van der Waals surface area contributed by atoms with Crippen LogP contribution in [0.3, 0.4) is 0 Å². The molecule has 1 aromatic rings. The first-order chi connectivity index (χ1) is 9.10. The topological polar surface area (TPSA) is 38.8 Å². The minimum atomic E-state index is 0.121. The zero-order chi connectivity index (χ0) is 13.8. The summed E-state index contributed by atoms with van der Waals surface area (Å²) in [5, 5.41) is 0. The molecule has 104 valence electrons. The van der Waals surface area contributed by atoms with Crippen LogP contribution in [-0.4, -0.2) is 44.0 Å². The predicted molar refractivity (Wildman–Crippen MR) is 73.9 cm³/mol. The fourth-order valence-electron chi connectivity index (χ4n) is 2.46. The molecular formula is C15H21NO3. The zero-order valence-electron chi connectivity index (χ0n) is 11.8. The Balaban J connectivity index is 2.17. The Kier molecular flexibility index (Phi) is 4.43. The molecule has 1 unspecified atom stereocenters. The highest BCUT2D eigenvalue weighted by Crippen LogP contribution is 2.33. The highest BCUT2D eigenvalue weighted by atomic mass is 16.5. The summed E-state index contributed by atoms with van der Waals surface area (Å²) in [6, 6.07) is 5.73. The molecular weight excluding hydrogens is 242 g/mol. The van der Waals surface area contributed by atoms with E-state index in [0.717, 1.165) is 30.8 Å². The van der Waals surface area contributed by atoms with Gasteiger partial charge in [0.1, 0.15) is 11.9 Å². The third-order valence-corrected chi connectivity index (χ3v) is 3.35. The summed E-state index contributed by atoms with van der Waals surface area (Å²) in [5.74, 6) is 1.55. The largest absolute Gasteiger partial charge is 0.493 e. The van der Waals surface area contributed by atoms with Gasteiger partial charge in [0.15, 0.2) is 11.5 Å². The van der Waals surface area contributed by atoms with Crippen molar-refractivity contribution in [2.24, 2.45) is 0 Å². The molecule has 1 saturated heterocycles. The number of para-hydroxylation sites is 1. The molecule has 4 heteroatoms. The third-order valence-electron chi connectivity index (χ3n) is 3.35. The van der Waals surface area contributed by atoms with E-state index in [1.54, 1.807) is 14.0 Å². The Labute approximate surface area is 114 Å². The number of likely N-dealkylation sites (tertiary alicyclic amines) is 1. The van der Waals surface area contributed by atoms with Crippen LogP contribution >= 0.6 is 0 Å². The first kappa shape index (κ1) is 13.9. The molecule has 0 aliphatic carbocycles. The second-order valence-electron chi connectivity index (χ2n) is 5.12. The number of benzene rings is 1. The predicted octanol–water partition coefficient (Wildman–Crippen LogP) is 1.91. The summed E-state index contributed by atoms with van der Waals surface area (Å²) in [6.07, 6.45) is 1.60. The Bertz CT molecular complexity index is 459. The van der Waals surface area contributed by atoms with Crippen molar-refractivity contribution in [3.63, 3.8) is 0 Å². The van der Waals surface area contributed by atoms with Crippen LogP contribution in [0.5, 0.6) is 11.5 Å². The van der Waals surface area contributed by atoms with Gasteiger partial charge in [0.05, 0.1) is 7.11 Å². The average molecular weight is 263 g/mol. The number of hydrogen-bond acceptors (Lipinski definition) is 4. The molecule has 1 fully saturated rings. The molecule has 0 bridgehead atoms. The average Bonchev–Trinajstić information content (AvgIpc) is 2.74. The van der Waals surface area contributed by atoms with Crippen molar-refractivity contribution in [1.82, 2.24) is 4.90 Å². The van der Waals surface area contributed by atoms with Gasteiger partial charge in [0, 0.05) is 25.1 Å². The highest BCUT2D eigenvalue weighted by molar-refractivity contribution is 5.79. The van der Waals surface area contributed by atoms with Crippen molar-refractivity contribution >= 4 is 5.78 Å². The molecule has 0 spiro atoms. The van der Waals surface area contributed by atoms with E-state index < -0.39 is 0 Å². The molecule has 0 aromatic heterocycles. The zero-order valence-corrected chi connectivity index (χ0v) is 11.8. The van der Waals surface area contributed by atoms with Crippen LogP contribution in [0.25, 0.3) is 0 Å². The maximum absolute atomic E-state index is 11.3. The molecule has 0 N–H and O–H groups in total. The van der Waals surface area contributed by atoms with E-state index in [-0.39, 0.29) is 11.9 Å². The Morgan fingerprint density at radius 1 is 1.47 bits per heavy atom. The number of Topliss-reactive ketones (excluding diaryl/α,β-unsaturated/α-hetero) is 1. The molecule has 4 nitrogen and oxygen atoms in total. The van der Waals surface area contributed by atoms with Gasteiger partial charge < -0.3 is 14.4 Å². The number of likely N-dealkylation sites (N-methyl/N-ethyl adjacent to an activating group) is 1. The van der Waals surface area contributed by atoms with E-state index in [0.29, 0.717) is 12.2 Å². The molecule has 1 atom stereocenters. The quantitative estimate of drug-likeness (QED) is 0.813. The first-order valence-corrected chi connectivity index (χ1v) is 6.60. The third kappa shape index (κ3) is 3.47. The maximum Gasteiger partial charge on any atom is 0.164 e. The van der Waals surface area contributed by atoms with Gasteiger partial charge in [-0.3, -0.25) is 4.79 Å². The van der Waals surface area contributed by atoms with Crippen molar-refractivity contribution in [2.45, 2.75) is 25.9 Å². The van der Waals surface area contributed by atoms with Gasteiger partial charge >= 0.3 is 0 Å². The molecule has 1 aromatic carbocycles. The summed E-state index contributed by atoms with van der Waals surface area (Å²) in [7, 11) is 3.71. The number of ether oxygens (including phenoxy) is 2. The van der Waals surface area contributed by atoms with Crippen molar-refractivity contribution in [2.75, 3.05) is 27.2 Å². The van der Waals surface area contributed by atoms with Crippen LogP contribution < -0.4 is 9.47 Å². The molecule has 19 heavy (non-hydrogen) atoms. The summed E-state index contributed by atoms with van der Waals surface area (Å²) in [6.45, 7) is 3.57. The van der Waals surface area contributed by atoms with Crippen molar-refractivity contribution in [3.8, 4) is 11.5 Å². The SMILES string of the molecule is COc1c(CC(C)=O)cccc1OC1CCN(C)C1. The number of carbonyl (C=O) groups is 1. The standard InChI is InChI=1S/C15H21NO3/c1-11(17)9-12-5-4-6-14(15(12)18-3)19-13-7-8-16(2)10-13/h4-6,13H,7-10H2,1-3H3. The Morgan fingerprint density at radius 2 is 2.26 bits per heavy atom. The summed E-state index contributed by atoms with van der Waals surface area (Å²) in [5.41, 5.74) is 0.888. The minimum Gasteiger partial charge on any atom is -0.493 e. The lowest BCUT2D eigenvalue weighted by molar-refractivity contribution is -0.116. The van der Waals surface area contributed by atoms with Crippen LogP contribution in [0.1, 0.15) is 18.9 Å². The van der Waals surface area contributed by atoms with E-state index in [9.17, 15) is 4.79 Å². The molecule has 1 aliphatic heterocycles. The van der Waals surface area contributed by atoms with Gasteiger partial charge in [-0.2, -0.15) is 0 Å². The van der Waals surface area contributed by atoms with Crippen LogP contribution in [0.15, 0.2) is 18.2 Å². The van der Waals surface area contributed by atoms with Crippen LogP contribution in [0.4, 0.5) is 0 Å². The second kappa shape index (κ2) is 6.06. The van der Waals surface area contributed by atoms with Gasteiger partial charge in [-0.05, 0) is 26.5 Å². The number of hydrogen-bond donors (Lipinski definition) is 0. The van der Waals surface area contributed by atoms with E-state index in [1.165, 1.54) is 0 Å². The smallest absolute Gasteiger partial charge is 0.164 e. The van der Waals surface area contributed by atoms with Crippen molar-refractivity contribution in [1.29, 1.82) is 0 Å². The summed E-state index contributed by atoms with van der Waals surface area (Å²) >= 11 is 0. The number of rotatable bonds is 5. The van der Waals surface area contributed by atoms with E-state index in [1.807, 2.05) is 18.2 Å². The summed E-state index contributed by atoms with van der Waals surface area (Å²) in [4.78, 5) is 13.5. The molecule has 1 aliphatic rings. The number of carbonyl (C=O) groups excluding carboxylic acids is 1. The molecule has 0 radical (unpaired) electrons. The lowest BCUT2D eigenvalue weighted by atomic mass is 10.1. The fourth-order valence-corrected chi connectivity index (χ4v) is 2.46. The monoisotopic (exact) mass is 263 g/mol. The van der Waals surface area contributed by atoms with Gasteiger partial charge in [-0.25, -0.2) is 0 Å². The van der Waals surface area contributed by atoms with E-state index in [2.05, 4.69) is 11.9 Å². The highest BCUT2D eigenvalue weighted by Gasteiger charge is 2.22. The Hall–Kier alpha value is -1.55. The van der Waals surface area contributed by atoms with E-state index >= 15 is 0 Å². The molecule has 1 heterocycles. The normalized spacial score (nSPS) is 19.4. The number of ketones is 1. The second-order valence-corrected chi connectivity index (χ2v) is 5.12. The van der Waals surface area contributed by atoms with E-state index in [4.69, 9.17) is 9.47 Å². The van der Waals surface area contributed by atoms with Crippen molar-refractivity contribution < 1.29 is 14.3 Å². The number of nitrogens with zero attached hydrogens (tertiary/aromatic N) is 1. The number of methoxy groups -OCH3 is 1. The lowest BCUT2D eigenvalue weighted by Crippen LogP contribution is -2.21. The summed E-state index contributed by atoms with van der Waals surface area (Å²) < 4.78 is 11.4. The van der Waals surface area contributed by atoms with Crippen LogP contribution in [0, 0.1) is 0 Å². The first-order valence-electron chi connectivity index (χ1n) is 6.60. The fraction of sp³-hybridized carbons (Fsp3) is 0.533. The van der Waals surface area contributed by atoms with Crippen LogP contribution in [-0.2, 0) is 11.2 Å². The van der Waals surface area contributed by atoms with Gasteiger partial charge in [0.25, 0.3) is 0 Å². The van der Waals surface area contributed by atoms with Crippen LogP contribution in [0.2, 0.25) is 0 Å². The molecule has 2 rings (SSSR count). The maximum atomic E-state index is 11.3. The molecule has 0 amide bonds. The Morgan fingerprint density at radius 3 is 2.84 bits per heavy atom.